The molecule has 0 saturated carbocycles. The van der Waals surface area contributed by atoms with Crippen molar-refractivity contribution < 1.29 is 15.0 Å². The molecular formula is C12H17N3O3. The molecule has 18 heavy (non-hydrogen) atoms. The first-order valence-electron chi connectivity index (χ1n) is 5.90. The number of hydrogen-bond acceptors (Lipinski definition) is 5. The number of aromatic nitrogens is 2. The van der Waals surface area contributed by atoms with Crippen LogP contribution in [0, 0.1) is 5.41 Å². The molecule has 1 aliphatic rings. The van der Waals surface area contributed by atoms with Gasteiger partial charge in [-0.25, -0.2) is 4.79 Å². The number of aromatic carboxylic acids is 1. The van der Waals surface area contributed by atoms with Crippen molar-refractivity contribution in [2.24, 2.45) is 5.41 Å². The average molecular weight is 251 g/mol. The smallest absolute Gasteiger partial charge is 0.356 e. The maximum absolute atomic E-state index is 10.7. The zero-order valence-corrected chi connectivity index (χ0v) is 10.5. The molecule has 98 valence electrons. The monoisotopic (exact) mass is 251 g/mol. The molecule has 6 nitrogen and oxygen atoms in total. The van der Waals surface area contributed by atoms with Crippen LogP contribution in [-0.2, 0) is 0 Å². The Morgan fingerprint density at radius 1 is 1.44 bits per heavy atom. The Hall–Kier alpha value is -1.69. The van der Waals surface area contributed by atoms with Crippen molar-refractivity contribution in [1.29, 1.82) is 0 Å². The van der Waals surface area contributed by atoms with E-state index in [1.165, 1.54) is 6.07 Å². The van der Waals surface area contributed by atoms with Gasteiger partial charge >= 0.3 is 5.97 Å². The van der Waals surface area contributed by atoms with Crippen molar-refractivity contribution in [2.75, 3.05) is 18.0 Å². The van der Waals surface area contributed by atoms with Crippen LogP contribution in [0.2, 0.25) is 0 Å². The lowest BCUT2D eigenvalue weighted by Gasteiger charge is -2.42. The van der Waals surface area contributed by atoms with Crippen molar-refractivity contribution in [3.63, 3.8) is 0 Å². The SMILES string of the molecule is CC1(C)CN(c2ccc(C(=O)O)nn2)CCC1O. The third-order valence-corrected chi connectivity index (χ3v) is 3.37. The van der Waals surface area contributed by atoms with E-state index in [1.54, 1.807) is 6.07 Å². The zero-order chi connectivity index (χ0) is 13.3. The summed E-state index contributed by atoms with van der Waals surface area (Å²) in [7, 11) is 0. The summed E-state index contributed by atoms with van der Waals surface area (Å²) in [6.45, 7) is 5.38. The molecule has 0 radical (unpaired) electrons. The normalized spacial score (nSPS) is 22.8. The molecule has 1 fully saturated rings. The maximum Gasteiger partial charge on any atom is 0.356 e. The van der Waals surface area contributed by atoms with Crippen molar-refractivity contribution in [3.05, 3.63) is 17.8 Å². The fraction of sp³-hybridized carbons (Fsp3) is 0.583. The lowest BCUT2D eigenvalue weighted by atomic mass is 9.81. The molecule has 0 amide bonds. The number of carboxylic acid groups (broad SMARTS) is 1. The predicted octanol–water partition coefficient (Wildman–Crippen LogP) is 0.772. The Morgan fingerprint density at radius 3 is 2.67 bits per heavy atom. The van der Waals surface area contributed by atoms with Gasteiger partial charge < -0.3 is 15.1 Å². The fourth-order valence-corrected chi connectivity index (χ4v) is 2.15. The predicted molar refractivity (Wildman–Crippen MR) is 65.6 cm³/mol. The molecule has 2 N–H and O–H groups in total. The largest absolute Gasteiger partial charge is 0.476 e. The molecule has 1 aliphatic heterocycles. The van der Waals surface area contributed by atoms with Gasteiger partial charge in [0.05, 0.1) is 6.10 Å². The molecule has 1 saturated heterocycles. The van der Waals surface area contributed by atoms with E-state index < -0.39 is 5.97 Å². The summed E-state index contributed by atoms with van der Waals surface area (Å²) < 4.78 is 0. The molecule has 0 bridgehead atoms. The quantitative estimate of drug-likeness (QED) is 0.807. The summed E-state index contributed by atoms with van der Waals surface area (Å²) in [6.07, 6.45) is 0.357. The molecule has 2 rings (SSSR count). The van der Waals surface area contributed by atoms with Gasteiger partial charge in [-0.15, -0.1) is 10.2 Å². The highest BCUT2D eigenvalue weighted by Gasteiger charge is 2.35. The first kappa shape index (κ1) is 12.8. The highest BCUT2D eigenvalue weighted by molar-refractivity contribution is 5.85. The van der Waals surface area contributed by atoms with Crippen LogP contribution >= 0.6 is 0 Å². The molecule has 1 unspecified atom stereocenters. The molecule has 0 spiro atoms. The Balaban J connectivity index is 2.15. The number of aliphatic hydroxyl groups is 1. The van der Waals surface area contributed by atoms with E-state index in [2.05, 4.69) is 10.2 Å². The summed E-state index contributed by atoms with van der Waals surface area (Å²) in [5, 5.41) is 26.2. The van der Waals surface area contributed by atoms with Gasteiger partial charge in [-0.2, -0.15) is 0 Å². The van der Waals surface area contributed by atoms with Gasteiger partial charge in [0, 0.05) is 18.5 Å². The second-order valence-electron chi connectivity index (χ2n) is 5.30. The highest BCUT2D eigenvalue weighted by atomic mass is 16.4. The highest BCUT2D eigenvalue weighted by Crippen LogP contribution is 2.31. The van der Waals surface area contributed by atoms with Crippen LogP contribution < -0.4 is 4.90 Å². The van der Waals surface area contributed by atoms with E-state index in [9.17, 15) is 9.90 Å². The first-order chi connectivity index (χ1) is 8.40. The second kappa shape index (κ2) is 4.53. The molecule has 0 aliphatic carbocycles. The molecule has 0 aromatic carbocycles. The number of hydrogen-bond donors (Lipinski definition) is 2. The summed E-state index contributed by atoms with van der Waals surface area (Å²) in [4.78, 5) is 12.7. The second-order valence-corrected chi connectivity index (χ2v) is 5.30. The van der Waals surface area contributed by atoms with E-state index in [4.69, 9.17) is 5.11 Å². The van der Waals surface area contributed by atoms with Gasteiger partial charge in [-0.05, 0) is 18.6 Å². The lowest BCUT2D eigenvalue weighted by Crippen LogP contribution is -2.49. The van der Waals surface area contributed by atoms with E-state index in [1.807, 2.05) is 18.7 Å². The fourth-order valence-electron chi connectivity index (χ4n) is 2.15. The summed E-state index contributed by atoms with van der Waals surface area (Å²) >= 11 is 0. The van der Waals surface area contributed by atoms with Crippen LogP contribution in [0.5, 0.6) is 0 Å². The van der Waals surface area contributed by atoms with Crippen molar-refractivity contribution in [3.8, 4) is 0 Å². The third kappa shape index (κ3) is 2.43. The number of rotatable bonds is 2. The average Bonchev–Trinajstić information content (AvgIpc) is 2.33. The number of nitrogens with zero attached hydrogens (tertiary/aromatic N) is 3. The molecule has 1 atom stereocenters. The number of piperidine rings is 1. The molecule has 1 aromatic rings. The zero-order valence-electron chi connectivity index (χ0n) is 10.5. The maximum atomic E-state index is 10.7. The van der Waals surface area contributed by atoms with Crippen LogP contribution in [0.4, 0.5) is 5.82 Å². The Kier molecular flexibility index (Phi) is 3.21. The van der Waals surface area contributed by atoms with Crippen LogP contribution in [0.25, 0.3) is 0 Å². The molecular weight excluding hydrogens is 234 g/mol. The Bertz CT molecular complexity index is 444. The number of aliphatic hydroxyl groups excluding tert-OH is 1. The van der Waals surface area contributed by atoms with Crippen molar-refractivity contribution >= 4 is 11.8 Å². The van der Waals surface area contributed by atoms with Crippen molar-refractivity contribution in [2.45, 2.75) is 26.4 Å². The van der Waals surface area contributed by atoms with Gasteiger partial charge in [0.15, 0.2) is 11.5 Å². The van der Waals surface area contributed by atoms with E-state index in [0.29, 0.717) is 25.3 Å². The first-order valence-corrected chi connectivity index (χ1v) is 5.90. The summed E-state index contributed by atoms with van der Waals surface area (Å²) in [5.74, 6) is -0.427. The number of carbonyl (C=O) groups is 1. The standard InChI is InChI=1S/C12H17N3O3/c1-12(2)7-15(6-5-9(12)16)10-4-3-8(11(17)18)13-14-10/h3-4,9,16H,5-7H2,1-2H3,(H,17,18). The van der Waals surface area contributed by atoms with Crippen LogP contribution in [0.15, 0.2) is 12.1 Å². The minimum absolute atomic E-state index is 0.0601. The van der Waals surface area contributed by atoms with Crippen LogP contribution in [0.1, 0.15) is 30.8 Å². The topological polar surface area (TPSA) is 86.6 Å². The van der Waals surface area contributed by atoms with E-state index >= 15 is 0 Å². The minimum atomic E-state index is -1.08. The van der Waals surface area contributed by atoms with Crippen LogP contribution in [0.3, 0.4) is 0 Å². The summed E-state index contributed by atoms with van der Waals surface area (Å²) in [5.41, 5.74) is -0.263. The molecule has 6 heteroatoms. The van der Waals surface area contributed by atoms with Crippen molar-refractivity contribution in [1.82, 2.24) is 10.2 Å². The lowest BCUT2D eigenvalue weighted by molar-refractivity contribution is 0.0333. The molecule has 1 aromatic heterocycles. The van der Waals surface area contributed by atoms with Gasteiger partial charge in [0.2, 0.25) is 0 Å². The van der Waals surface area contributed by atoms with Gasteiger partial charge in [0.1, 0.15) is 0 Å². The van der Waals surface area contributed by atoms with Gasteiger partial charge in [0.25, 0.3) is 0 Å². The van der Waals surface area contributed by atoms with Gasteiger partial charge in [-0.3, -0.25) is 0 Å². The van der Waals surface area contributed by atoms with Crippen LogP contribution in [-0.4, -0.2) is 45.6 Å². The van der Waals surface area contributed by atoms with Gasteiger partial charge in [-0.1, -0.05) is 13.8 Å². The number of anilines is 1. The third-order valence-electron chi connectivity index (χ3n) is 3.37. The Labute approximate surface area is 105 Å². The van der Waals surface area contributed by atoms with E-state index in [-0.39, 0.29) is 17.2 Å². The molecule has 2 heterocycles. The minimum Gasteiger partial charge on any atom is -0.476 e. The van der Waals surface area contributed by atoms with E-state index in [0.717, 1.165) is 0 Å². The summed E-state index contributed by atoms with van der Waals surface area (Å²) in [6, 6.07) is 3.10. The Morgan fingerprint density at radius 2 is 2.17 bits per heavy atom. The number of carboxylic acids is 1.